The first-order valence-corrected chi connectivity index (χ1v) is 5.33. The smallest absolute Gasteiger partial charge is 0.344 e. The number of ether oxygens (including phenoxy) is 2. The number of aromatic nitrogens is 4. The van der Waals surface area contributed by atoms with E-state index in [1.54, 1.807) is 7.05 Å². The van der Waals surface area contributed by atoms with Gasteiger partial charge >= 0.3 is 12.0 Å². The third kappa shape index (κ3) is 2.84. The van der Waals surface area contributed by atoms with E-state index in [1.165, 1.54) is 30.1 Å². The van der Waals surface area contributed by atoms with Crippen molar-refractivity contribution >= 4 is 5.97 Å². The van der Waals surface area contributed by atoms with Gasteiger partial charge in [0.25, 0.3) is 0 Å². The minimum Gasteiger partial charge on any atom is -0.466 e. The second-order valence-electron chi connectivity index (χ2n) is 3.54. The van der Waals surface area contributed by atoms with E-state index in [0.717, 1.165) is 0 Å². The van der Waals surface area contributed by atoms with Crippen molar-refractivity contribution in [1.29, 1.82) is 0 Å². The lowest BCUT2D eigenvalue weighted by molar-refractivity contribution is -0.143. The minimum atomic E-state index is -0.557. The Kier molecular flexibility index (Phi) is 3.69. The number of carbonyl (C=O) groups excluding carboxylic acids is 1. The first-order valence-electron chi connectivity index (χ1n) is 5.33. The predicted octanol–water partition coefficient (Wildman–Crippen LogP) is 0.568. The molecule has 0 aliphatic carbocycles. The van der Waals surface area contributed by atoms with Gasteiger partial charge in [0.2, 0.25) is 0 Å². The molecule has 2 rings (SSSR count). The predicted molar refractivity (Wildman–Crippen MR) is 61.7 cm³/mol. The summed E-state index contributed by atoms with van der Waals surface area (Å²) in [5.74, 6) is -0.867. The van der Waals surface area contributed by atoms with Gasteiger partial charge < -0.3 is 9.47 Å². The zero-order valence-corrected chi connectivity index (χ0v) is 10.3. The van der Waals surface area contributed by atoms with Gasteiger partial charge in [-0.2, -0.15) is 4.98 Å². The van der Waals surface area contributed by atoms with Crippen LogP contribution in [0.4, 0.5) is 4.39 Å². The van der Waals surface area contributed by atoms with Gasteiger partial charge in [-0.15, -0.1) is 5.10 Å². The van der Waals surface area contributed by atoms with E-state index in [-0.39, 0.29) is 24.1 Å². The average molecular weight is 266 g/mol. The van der Waals surface area contributed by atoms with Crippen molar-refractivity contribution in [3.8, 4) is 17.5 Å². The number of esters is 1. The molecule has 0 saturated heterocycles. The molecule has 19 heavy (non-hydrogen) atoms. The van der Waals surface area contributed by atoms with E-state index in [2.05, 4.69) is 19.8 Å². The van der Waals surface area contributed by atoms with Crippen LogP contribution in [0.25, 0.3) is 11.5 Å². The van der Waals surface area contributed by atoms with E-state index < -0.39 is 11.8 Å². The van der Waals surface area contributed by atoms with Crippen LogP contribution in [0.3, 0.4) is 0 Å². The Morgan fingerprint density at radius 2 is 2.32 bits per heavy atom. The Morgan fingerprint density at radius 3 is 3.00 bits per heavy atom. The highest BCUT2D eigenvalue weighted by molar-refractivity contribution is 5.70. The van der Waals surface area contributed by atoms with Gasteiger partial charge in [0.1, 0.15) is 5.69 Å². The molecule has 2 aromatic rings. The lowest BCUT2D eigenvalue weighted by Gasteiger charge is -1.99. The maximum Gasteiger partial charge on any atom is 0.344 e. The second-order valence-corrected chi connectivity index (χ2v) is 3.54. The van der Waals surface area contributed by atoms with Crippen molar-refractivity contribution < 1.29 is 18.7 Å². The molecule has 0 radical (unpaired) electrons. The standard InChI is InChI=1S/C11H11FN4O3/c1-16-10(9-7(12)4-3-5-13-9)14-11(15-16)19-6-8(17)18-2/h3-5H,6H2,1-2H3. The number of nitrogens with zero attached hydrogens (tertiary/aromatic N) is 4. The Hall–Kier alpha value is -2.51. The summed E-state index contributed by atoms with van der Waals surface area (Å²) in [5.41, 5.74) is 0.0606. The molecule has 8 heteroatoms. The van der Waals surface area contributed by atoms with Crippen LogP contribution in [-0.4, -0.2) is 39.4 Å². The van der Waals surface area contributed by atoms with Crippen LogP contribution in [0.5, 0.6) is 6.01 Å². The Labute approximate surface area is 108 Å². The van der Waals surface area contributed by atoms with Crippen LogP contribution < -0.4 is 4.74 Å². The molecule has 0 aliphatic rings. The van der Waals surface area contributed by atoms with E-state index in [9.17, 15) is 9.18 Å². The molecule has 0 aliphatic heterocycles. The zero-order chi connectivity index (χ0) is 13.8. The van der Waals surface area contributed by atoms with Crippen molar-refractivity contribution in [2.75, 3.05) is 13.7 Å². The fourth-order valence-electron chi connectivity index (χ4n) is 1.36. The molecule has 2 aromatic heterocycles. The summed E-state index contributed by atoms with van der Waals surface area (Å²) in [7, 11) is 2.81. The van der Waals surface area contributed by atoms with Gasteiger partial charge in [-0.1, -0.05) is 0 Å². The fraction of sp³-hybridized carbons (Fsp3) is 0.273. The normalized spacial score (nSPS) is 10.3. The molecule has 0 amide bonds. The Balaban J connectivity index is 2.22. The lowest BCUT2D eigenvalue weighted by Crippen LogP contribution is -2.13. The summed E-state index contributed by atoms with van der Waals surface area (Å²) in [6, 6.07) is 2.70. The Bertz CT molecular complexity index is 599. The van der Waals surface area contributed by atoms with Crippen LogP contribution in [-0.2, 0) is 16.6 Å². The first kappa shape index (κ1) is 12.9. The molecular weight excluding hydrogens is 255 g/mol. The third-order valence-electron chi connectivity index (χ3n) is 2.26. The summed E-state index contributed by atoms with van der Waals surface area (Å²) < 4.78 is 24.3. The summed E-state index contributed by atoms with van der Waals surface area (Å²) in [6.07, 6.45) is 1.45. The number of hydrogen-bond donors (Lipinski definition) is 0. The van der Waals surface area contributed by atoms with Crippen molar-refractivity contribution in [2.45, 2.75) is 0 Å². The maximum atomic E-state index is 13.6. The van der Waals surface area contributed by atoms with Crippen LogP contribution >= 0.6 is 0 Å². The van der Waals surface area contributed by atoms with E-state index in [0.29, 0.717) is 0 Å². The zero-order valence-electron chi connectivity index (χ0n) is 10.3. The molecular formula is C11H11FN4O3. The number of pyridine rings is 1. The van der Waals surface area contributed by atoms with E-state index in [1.807, 2.05) is 0 Å². The SMILES string of the molecule is COC(=O)COc1nc(-c2ncccc2F)n(C)n1. The van der Waals surface area contributed by atoms with Gasteiger partial charge in [0.05, 0.1) is 7.11 Å². The maximum absolute atomic E-state index is 13.6. The number of carbonyl (C=O) groups is 1. The number of aryl methyl sites for hydroxylation is 1. The van der Waals surface area contributed by atoms with Crippen molar-refractivity contribution in [1.82, 2.24) is 19.7 Å². The highest BCUT2D eigenvalue weighted by Gasteiger charge is 2.16. The number of rotatable bonds is 4. The molecule has 0 atom stereocenters. The summed E-state index contributed by atoms with van der Waals surface area (Å²) >= 11 is 0. The number of halogens is 1. The molecule has 0 N–H and O–H groups in total. The molecule has 7 nitrogen and oxygen atoms in total. The highest BCUT2D eigenvalue weighted by atomic mass is 19.1. The number of hydrogen-bond acceptors (Lipinski definition) is 6. The second kappa shape index (κ2) is 5.42. The summed E-state index contributed by atoms with van der Waals surface area (Å²) in [4.78, 5) is 18.8. The largest absolute Gasteiger partial charge is 0.466 e. The molecule has 0 saturated carbocycles. The third-order valence-corrected chi connectivity index (χ3v) is 2.26. The van der Waals surface area contributed by atoms with Crippen molar-refractivity contribution in [3.63, 3.8) is 0 Å². The van der Waals surface area contributed by atoms with Gasteiger partial charge in [0.15, 0.2) is 18.2 Å². The average Bonchev–Trinajstić information content (AvgIpc) is 2.77. The lowest BCUT2D eigenvalue weighted by atomic mass is 10.3. The monoisotopic (exact) mass is 266 g/mol. The van der Waals surface area contributed by atoms with Crippen LogP contribution in [0.2, 0.25) is 0 Å². The van der Waals surface area contributed by atoms with Gasteiger partial charge in [-0.05, 0) is 12.1 Å². The van der Waals surface area contributed by atoms with Crippen molar-refractivity contribution in [3.05, 3.63) is 24.1 Å². The fourth-order valence-corrected chi connectivity index (χ4v) is 1.36. The topological polar surface area (TPSA) is 79.1 Å². The van der Waals surface area contributed by atoms with E-state index in [4.69, 9.17) is 4.74 Å². The van der Waals surface area contributed by atoms with E-state index >= 15 is 0 Å². The van der Waals surface area contributed by atoms with Crippen LogP contribution in [0, 0.1) is 5.82 Å². The molecule has 0 unspecified atom stereocenters. The molecule has 0 spiro atoms. The minimum absolute atomic E-state index is 0.0482. The molecule has 2 heterocycles. The van der Waals surface area contributed by atoms with Gasteiger partial charge in [-0.25, -0.2) is 18.9 Å². The summed E-state index contributed by atoms with van der Waals surface area (Å²) in [5, 5.41) is 3.90. The molecule has 0 aromatic carbocycles. The molecule has 0 fully saturated rings. The summed E-state index contributed by atoms with van der Waals surface area (Å²) in [6.45, 7) is -0.315. The Morgan fingerprint density at radius 1 is 1.53 bits per heavy atom. The van der Waals surface area contributed by atoms with Crippen LogP contribution in [0.1, 0.15) is 0 Å². The molecule has 100 valence electrons. The highest BCUT2D eigenvalue weighted by Crippen LogP contribution is 2.19. The first-order chi connectivity index (χ1) is 9.11. The van der Waals surface area contributed by atoms with Crippen molar-refractivity contribution in [2.24, 2.45) is 7.05 Å². The molecule has 0 bridgehead atoms. The number of methoxy groups -OCH3 is 1. The van der Waals surface area contributed by atoms with Gasteiger partial charge in [-0.3, -0.25) is 0 Å². The quantitative estimate of drug-likeness (QED) is 0.753. The van der Waals surface area contributed by atoms with Crippen LogP contribution in [0.15, 0.2) is 18.3 Å². The van der Waals surface area contributed by atoms with Gasteiger partial charge in [0, 0.05) is 13.2 Å².